The van der Waals surface area contributed by atoms with Gasteiger partial charge in [-0.25, -0.2) is 10.8 Å². The van der Waals surface area contributed by atoms with E-state index >= 15 is 0 Å². The molecule has 0 saturated carbocycles. The number of amides is 1. The normalized spacial score (nSPS) is 11.3. The number of nitrogens with zero attached hydrogens (tertiary/aromatic N) is 3. The van der Waals surface area contributed by atoms with E-state index in [0.29, 0.717) is 16.5 Å². The van der Waals surface area contributed by atoms with Gasteiger partial charge < -0.3 is 5.43 Å². The predicted molar refractivity (Wildman–Crippen MR) is 83.3 cm³/mol. The van der Waals surface area contributed by atoms with Crippen molar-refractivity contribution in [1.82, 2.24) is 15.2 Å². The molecule has 0 atom stereocenters. The lowest BCUT2D eigenvalue weighted by Gasteiger charge is -2.19. The number of nitrogens with two attached hydrogens (primary N) is 1. The van der Waals surface area contributed by atoms with E-state index in [4.69, 9.17) is 5.84 Å². The minimum absolute atomic E-state index is 0.193. The minimum atomic E-state index is -0.268. The largest absolute Gasteiger partial charge is 0.308 e. The Labute approximate surface area is 127 Å². The Kier molecular flexibility index (Phi) is 4.19. The number of aryl methyl sites for hydroxylation is 1. The van der Waals surface area contributed by atoms with E-state index < -0.39 is 0 Å². The lowest BCUT2D eigenvalue weighted by Crippen LogP contribution is -2.20. The quantitative estimate of drug-likeness (QED) is 0.592. The van der Waals surface area contributed by atoms with Crippen LogP contribution in [-0.4, -0.2) is 21.1 Å². The SMILES string of the molecule is Cc1nnc(NC(=O)c2cc(NN)nc(C(C)(C)C)c2)s1. The molecule has 0 aliphatic carbocycles. The number of pyridine rings is 1. The Bertz CT molecular complexity index is 661. The van der Waals surface area contributed by atoms with Gasteiger partial charge in [-0.1, -0.05) is 32.1 Å². The van der Waals surface area contributed by atoms with Crippen LogP contribution in [0.4, 0.5) is 10.9 Å². The Hall–Kier alpha value is -2.06. The van der Waals surface area contributed by atoms with Crippen LogP contribution in [0.15, 0.2) is 12.1 Å². The highest BCUT2D eigenvalue weighted by atomic mass is 32.1. The summed E-state index contributed by atoms with van der Waals surface area (Å²) in [5, 5.41) is 11.7. The number of hydrogen-bond acceptors (Lipinski definition) is 7. The molecule has 0 fully saturated rings. The van der Waals surface area contributed by atoms with Crippen LogP contribution in [0.5, 0.6) is 0 Å². The molecule has 4 N–H and O–H groups in total. The molecule has 21 heavy (non-hydrogen) atoms. The van der Waals surface area contributed by atoms with E-state index in [1.54, 1.807) is 12.1 Å². The first-order valence-corrected chi connectivity index (χ1v) is 7.22. The van der Waals surface area contributed by atoms with Crippen molar-refractivity contribution >= 4 is 28.2 Å². The maximum Gasteiger partial charge on any atom is 0.257 e. The van der Waals surface area contributed by atoms with Crippen molar-refractivity contribution in [3.05, 3.63) is 28.4 Å². The molecule has 2 aromatic heterocycles. The molecule has 0 saturated heterocycles. The third-order valence-corrected chi connectivity index (χ3v) is 3.50. The van der Waals surface area contributed by atoms with Crippen LogP contribution in [0.2, 0.25) is 0 Å². The smallest absolute Gasteiger partial charge is 0.257 e. The molecule has 7 nitrogen and oxygen atoms in total. The molecular formula is C13H18N6OS. The summed E-state index contributed by atoms with van der Waals surface area (Å²) >= 11 is 1.32. The summed E-state index contributed by atoms with van der Waals surface area (Å²) in [5.74, 6) is 5.60. The van der Waals surface area contributed by atoms with Crippen molar-refractivity contribution in [1.29, 1.82) is 0 Å². The number of nitrogen functional groups attached to an aromatic ring is 1. The van der Waals surface area contributed by atoms with E-state index in [-0.39, 0.29) is 11.3 Å². The average Bonchev–Trinajstić information content (AvgIpc) is 2.82. The van der Waals surface area contributed by atoms with Crippen molar-refractivity contribution in [2.45, 2.75) is 33.1 Å². The van der Waals surface area contributed by atoms with Gasteiger partial charge in [0, 0.05) is 16.7 Å². The van der Waals surface area contributed by atoms with Crippen LogP contribution >= 0.6 is 11.3 Å². The topological polar surface area (TPSA) is 106 Å². The lowest BCUT2D eigenvalue weighted by molar-refractivity contribution is 0.102. The van der Waals surface area contributed by atoms with Gasteiger partial charge in [0.05, 0.1) is 0 Å². The molecule has 112 valence electrons. The lowest BCUT2D eigenvalue weighted by atomic mass is 9.90. The van der Waals surface area contributed by atoms with E-state index in [0.717, 1.165) is 10.7 Å². The van der Waals surface area contributed by atoms with E-state index in [1.165, 1.54) is 11.3 Å². The molecule has 0 bridgehead atoms. The van der Waals surface area contributed by atoms with Crippen molar-refractivity contribution in [3.8, 4) is 0 Å². The molecule has 0 aliphatic rings. The Balaban J connectivity index is 2.31. The molecule has 8 heteroatoms. The summed E-state index contributed by atoms with van der Waals surface area (Å²) in [4.78, 5) is 16.7. The maximum atomic E-state index is 12.3. The predicted octanol–water partition coefficient (Wildman–Crippen LogP) is 2.08. The van der Waals surface area contributed by atoms with Crippen molar-refractivity contribution in [2.24, 2.45) is 5.84 Å². The molecular weight excluding hydrogens is 288 g/mol. The van der Waals surface area contributed by atoms with Crippen LogP contribution in [0.25, 0.3) is 0 Å². The summed E-state index contributed by atoms with van der Waals surface area (Å²) in [5.41, 5.74) is 3.54. The zero-order valence-electron chi connectivity index (χ0n) is 12.4. The number of aromatic nitrogens is 3. The zero-order chi connectivity index (χ0) is 15.6. The fraction of sp³-hybridized carbons (Fsp3) is 0.385. The summed E-state index contributed by atoms with van der Waals surface area (Å²) in [6, 6.07) is 3.35. The molecule has 0 unspecified atom stereocenters. The van der Waals surface area contributed by atoms with E-state index in [1.807, 2.05) is 27.7 Å². The summed E-state index contributed by atoms with van der Waals surface area (Å²) in [7, 11) is 0. The van der Waals surface area contributed by atoms with Crippen LogP contribution in [0.3, 0.4) is 0 Å². The first-order valence-electron chi connectivity index (χ1n) is 6.40. The minimum Gasteiger partial charge on any atom is -0.308 e. The molecule has 0 radical (unpaired) electrons. The number of hydrogen-bond donors (Lipinski definition) is 3. The van der Waals surface area contributed by atoms with Gasteiger partial charge in [0.1, 0.15) is 10.8 Å². The Morgan fingerprint density at radius 2 is 2.00 bits per heavy atom. The fourth-order valence-corrected chi connectivity index (χ4v) is 2.22. The number of nitrogens with one attached hydrogen (secondary N) is 2. The van der Waals surface area contributed by atoms with Crippen molar-refractivity contribution in [2.75, 3.05) is 10.7 Å². The monoisotopic (exact) mass is 306 g/mol. The second-order valence-electron chi connectivity index (χ2n) is 5.60. The molecule has 0 spiro atoms. The van der Waals surface area contributed by atoms with Crippen molar-refractivity contribution < 1.29 is 4.79 Å². The second kappa shape index (κ2) is 5.74. The highest BCUT2D eigenvalue weighted by Gasteiger charge is 2.19. The third-order valence-electron chi connectivity index (χ3n) is 2.75. The zero-order valence-corrected chi connectivity index (χ0v) is 13.2. The number of carbonyl (C=O) groups excluding carboxylic acids is 1. The Morgan fingerprint density at radius 3 is 2.52 bits per heavy atom. The second-order valence-corrected chi connectivity index (χ2v) is 6.78. The van der Waals surface area contributed by atoms with Gasteiger partial charge in [-0.2, -0.15) is 0 Å². The molecule has 0 aromatic carbocycles. The van der Waals surface area contributed by atoms with Crippen LogP contribution < -0.4 is 16.6 Å². The number of rotatable bonds is 3. The first kappa shape index (κ1) is 15.3. The summed E-state index contributed by atoms with van der Waals surface area (Å²) in [6.07, 6.45) is 0. The van der Waals surface area contributed by atoms with Crippen LogP contribution in [0.1, 0.15) is 41.8 Å². The fourth-order valence-electron chi connectivity index (χ4n) is 1.64. The van der Waals surface area contributed by atoms with Gasteiger partial charge in [0.2, 0.25) is 5.13 Å². The number of hydrazine groups is 1. The molecule has 0 aliphatic heterocycles. The maximum absolute atomic E-state index is 12.3. The van der Waals surface area contributed by atoms with Gasteiger partial charge in [0.15, 0.2) is 0 Å². The summed E-state index contributed by atoms with van der Waals surface area (Å²) in [6.45, 7) is 7.89. The van der Waals surface area contributed by atoms with Gasteiger partial charge >= 0.3 is 0 Å². The first-order chi connectivity index (χ1) is 9.79. The molecule has 2 aromatic rings. The average molecular weight is 306 g/mol. The molecule has 1 amide bonds. The van der Waals surface area contributed by atoms with Gasteiger partial charge in [-0.3, -0.25) is 10.1 Å². The van der Waals surface area contributed by atoms with Crippen molar-refractivity contribution in [3.63, 3.8) is 0 Å². The number of anilines is 2. The van der Waals surface area contributed by atoms with Crippen LogP contribution in [-0.2, 0) is 5.41 Å². The van der Waals surface area contributed by atoms with Crippen LogP contribution in [0, 0.1) is 6.92 Å². The van der Waals surface area contributed by atoms with E-state index in [9.17, 15) is 4.79 Å². The van der Waals surface area contributed by atoms with E-state index in [2.05, 4.69) is 25.9 Å². The highest BCUT2D eigenvalue weighted by Crippen LogP contribution is 2.24. The molecule has 2 rings (SSSR count). The standard InChI is InChI=1S/C13H18N6OS/c1-7-18-19-12(21-7)16-11(20)8-5-9(13(2,3)4)15-10(6-8)17-14/h5-6H,14H2,1-4H3,(H,15,17)(H,16,19,20). The van der Waals surface area contributed by atoms with Gasteiger partial charge in [0.25, 0.3) is 5.91 Å². The third kappa shape index (κ3) is 3.73. The highest BCUT2D eigenvalue weighted by molar-refractivity contribution is 7.15. The Morgan fingerprint density at radius 1 is 1.29 bits per heavy atom. The van der Waals surface area contributed by atoms with Gasteiger partial charge in [-0.05, 0) is 19.1 Å². The summed E-state index contributed by atoms with van der Waals surface area (Å²) < 4.78 is 0. The molecule has 2 heterocycles. The number of carbonyl (C=O) groups is 1. The van der Waals surface area contributed by atoms with Gasteiger partial charge in [-0.15, -0.1) is 10.2 Å².